The molecule has 0 saturated heterocycles. The second-order valence-electron chi connectivity index (χ2n) is 7.81. The minimum Gasteiger partial charge on any atom is -0.398 e. The predicted molar refractivity (Wildman–Crippen MR) is 114 cm³/mol. The predicted octanol–water partition coefficient (Wildman–Crippen LogP) is 5.52. The molecule has 2 N–H and O–H groups in total. The van der Waals surface area contributed by atoms with Crippen LogP contribution in [0, 0.1) is 11.6 Å². The molecule has 150 valence electrons. The molecule has 4 rings (SSSR count). The third kappa shape index (κ3) is 4.65. The van der Waals surface area contributed by atoms with Crippen molar-refractivity contribution < 1.29 is 8.78 Å². The van der Waals surface area contributed by atoms with Gasteiger partial charge in [0, 0.05) is 24.7 Å². The Bertz CT molecular complexity index is 906. The Morgan fingerprint density at radius 2 is 1.48 bits per heavy atom. The van der Waals surface area contributed by atoms with E-state index in [1.54, 1.807) is 0 Å². The molecule has 0 amide bonds. The Balaban J connectivity index is 1.44. The highest BCUT2D eigenvalue weighted by Crippen LogP contribution is 2.30. The molecule has 29 heavy (non-hydrogen) atoms. The maximum Gasteiger partial charge on any atom is 0.123 e. The number of hydrogen-bond acceptors (Lipinski definition) is 2. The maximum atomic E-state index is 13.4. The van der Waals surface area contributed by atoms with Crippen LogP contribution in [0.15, 0.2) is 66.7 Å². The van der Waals surface area contributed by atoms with Crippen LogP contribution in [0.4, 0.5) is 14.5 Å². The number of benzene rings is 3. The zero-order valence-corrected chi connectivity index (χ0v) is 16.5. The van der Waals surface area contributed by atoms with Crippen molar-refractivity contribution in [1.29, 1.82) is 0 Å². The van der Waals surface area contributed by atoms with Crippen molar-refractivity contribution in [3.05, 3.63) is 101 Å². The monoisotopic (exact) mass is 392 g/mol. The van der Waals surface area contributed by atoms with Crippen molar-refractivity contribution in [2.75, 3.05) is 18.8 Å². The molecule has 0 saturated carbocycles. The molecule has 3 aromatic rings. The highest BCUT2D eigenvalue weighted by atomic mass is 19.1. The van der Waals surface area contributed by atoms with Crippen LogP contribution >= 0.6 is 0 Å². The summed E-state index contributed by atoms with van der Waals surface area (Å²) in [6, 6.07) is 19.5. The fourth-order valence-electron chi connectivity index (χ4n) is 4.29. The fraction of sp³-hybridized carbons (Fsp3) is 0.280. The highest BCUT2D eigenvalue weighted by Gasteiger charge is 2.19. The van der Waals surface area contributed by atoms with Crippen molar-refractivity contribution in [2.45, 2.75) is 31.7 Å². The zero-order valence-electron chi connectivity index (χ0n) is 16.5. The quantitative estimate of drug-likeness (QED) is 0.560. The van der Waals surface area contributed by atoms with Gasteiger partial charge >= 0.3 is 0 Å². The van der Waals surface area contributed by atoms with Crippen LogP contribution in [0.25, 0.3) is 0 Å². The van der Waals surface area contributed by atoms with E-state index in [0.29, 0.717) is 0 Å². The molecule has 0 atom stereocenters. The van der Waals surface area contributed by atoms with Gasteiger partial charge in [0.15, 0.2) is 0 Å². The van der Waals surface area contributed by atoms with Crippen molar-refractivity contribution in [3.8, 4) is 0 Å². The molecule has 1 heterocycles. The first kappa shape index (κ1) is 19.6. The van der Waals surface area contributed by atoms with Crippen LogP contribution in [0.5, 0.6) is 0 Å². The number of halogens is 2. The van der Waals surface area contributed by atoms with E-state index in [-0.39, 0.29) is 17.6 Å². The second kappa shape index (κ2) is 8.75. The van der Waals surface area contributed by atoms with Crippen molar-refractivity contribution >= 4 is 5.69 Å². The van der Waals surface area contributed by atoms with Crippen molar-refractivity contribution in [1.82, 2.24) is 4.90 Å². The lowest BCUT2D eigenvalue weighted by molar-refractivity contribution is 0.248. The first-order chi connectivity index (χ1) is 14.1. The van der Waals surface area contributed by atoms with Crippen LogP contribution in [0.3, 0.4) is 0 Å². The van der Waals surface area contributed by atoms with Gasteiger partial charge in [-0.05, 0) is 78.4 Å². The van der Waals surface area contributed by atoms with Crippen LogP contribution in [0.2, 0.25) is 0 Å². The first-order valence-electron chi connectivity index (χ1n) is 10.2. The average molecular weight is 392 g/mol. The molecule has 0 aromatic heterocycles. The van der Waals surface area contributed by atoms with E-state index in [1.807, 2.05) is 36.4 Å². The average Bonchev–Trinajstić information content (AvgIpc) is 2.73. The molecule has 0 fully saturated rings. The van der Waals surface area contributed by atoms with Crippen molar-refractivity contribution in [2.24, 2.45) is 0 Å². The van der Waals surface area contributed by atoms with Gasteiger partial charge in [0.25, 0.3) is 0 Å². The Hall–Kier alpha value is -2.72. The summed E-state index contributed by atoms with van der Waals surface area (Å²) in [5, 5.41) is 0. The summed E-state index contributed by atoms with van der Waals surface area (Å²) in [6.07, 6.45) is 2.95. The molecule has 1 aliphatic rings. The van der Waals surface area contributed by atoms with Gasteiger partial charge in [-0.15, -0.1) is 0 Å². The highest BCUT2D eigenvalue weighted by molar-refractivity contribution is 5.51. The standard InChI is InChI=1S/C25H26F2N2/c26-21-10-6-19(7-11-21)23(20-8-12-22(27)13-9-20)4-2-15-29-16-14-18-3-1-5-25(28)24(18)17-29/h1,3,5-13,23H,2,4,14-17,28H2. The minimum atomic E-state index is -0.240. The summed E-state index contributed by atoms with van der Waals surface area (Å²) in [5.41, 5.74) is 11.8. The van der Waals surface area contributed by atoms with E-state index >= 15 is 0 Å². The third-order valence-electron chi connectivity index (χ3n) is 5.90. The molecule has 3 aromatic carbocycles. The summed E-state index contributed by atoms with van der Waals surface area (Å²) in [4.78, 5) is 2.45. The molecule has 0 bridgehead atoms. The largest absolute Gasteiger partial charge is 0.398 e. The Kier molecular flexibility index (Phi) is 5.91. The first-order valence-corrected chi connectivity index (χ1v) is 10.2. The van der Waals surface area contributed by atoms with Gasteiger partial charge in [0.2, 0.25) is 0 Å². The van der Waals surface area contributed by atoms with E-state index in [0.717, 1.165) is 55.7 Å². The maximum absolute atomic E-state index is 13.4. The lowest BCUT2D eigenvalue weighted by atomic mass is 9.87. The van der Waals surface area contributed by atoms with Gasteiger partial charge in [0.05, 0.1) is 0 Å². The lowest BCUT2D eigenvalue weighted by Gasteiger charge is -2.30. The minimum absolute atomic E-state index is 0.123. The number of nitrogens with zero attached hydrogens (tertiary/aromatic N) is 1. The molecule has 4 heteroatoms. The van der Waals surface area contributed by atoms with E-state index < -0.39 is 0 Å². The van der Waals surface area contributed by atoms with Crippen LogP contribution < -0.4 is 5.73 Å². The van der Waals surface area contributed by atoms with Gasteiger partial charge in [-0.1, -0.05) is 36.4 Å². The van der Waals surface area contributed by atoms with Gasteiger partial charge in [-0.3, -0.25) is 4.90 Å². The fourth-order valence-corrected chi connectivity index (χ4v) is 4.29. The summed E-state index contributed by atoms with van der Waals surface area (Å²) in [5.74, 6) is -0.356. The molecule has 0 spiro atoms. The Labute approximate surface area is 171 Å². The summed E-state index contributed by atoms with van der Waals surface area (Å²) in [6.45, 7) is 2.90. The van der Waals surface area contributed by atoms with Crippen LogP contribution in [-0.4, -0.2) is 18.0 Å². The molecule has 0 aliphatic carbocycles. The Morgan fingerprint density at radius 1 is 0.862 bits per heavy atom. The van der Waals surface area contributed by atoms with E-state index in [9.17, 15) is 8.78 Å². The SMILES string of the molecule is Nc1cccc2c1CN(CCCC(c1ccc(F)cc1)c1ccc(F)cc1)CC2. The number of fused-ring (bicyclic) bond motifs is 1. The smallest absolute Gasteiger partial charge is 0.123 e. The molecular weight excluding hydrogens is 366 g/mol. The van der Waals surface area contributed by atoms with Gasteiger partial charge < -0.3 is 5.73 Å². The summed E-state index contributed by atoms with van der Waals surface area (Å²) < 4.78 is 26.8. The summed E-state index contributed by atoms with van der Waals surface area (Å²) in [7, 11) is 0. The third-order valence-corrected chi connectivity index (χ3v) is 5.90. The molecule has 0 radical (unpaired) electrons. The van der Waals surface area contributed by atoms with Gasteiger partial charge in [-0.2, -0.15) is 0 Å². The summed E-state index contributed by atoms with van der Waals surface area (Å²) >= 11 is 0. The topological polar surface area (TPSA) is 29.3 Å². The zero-order chi connectivity index (χ0) is 20.2. The normalized spacial score (nSPS) is 14.2. The number of anilines is 1. The van der Waals surface area contributed by atoms with Crippen LogP contribution in [-0.2, 0) is 13.0 Å². The molecule has 1 aliphatic heterocycles. The number of nitrogen functional groups attached to an aromatic ring is 1. The van der Waals surface area contributed by atoms with E-state index in [4.69, 9.17) is 5.73 Å². The molecular formula is C25H26F2N2. The van der Waals surface area contributed by atoms with Gasteiger partial charge in [0.1, 0.15) is 11.6 Å². The molecule has 0 unspecified atom stereocenters. The number of hydrogen-bond donors (Lipinski definition) is 1. The van der Waals surface area contributed by atoms with E-state index in [2.05, 4.69) is 11.0 Å². The second-order valence-corrected chi connectivity index (χ2v) is 7.81. The Morgan fingerprint density at radius 3 is 2.10 bits per heavy atom. The lowest BCUT2D eigenvalue weighted by Crippen LogP contribution is -2.32. The number of nitrogens with two attached hydrogens (primary N) is 1. The van der Waals surface area contributed by atoms with E-state index in [1.165, 1.54) is 35.4 Å². The van der Waals surface area contributed by atoms with Crippen LogP contribution in [0.1, 0.15) is 41.0 Å². The van der Waals surface area contributed by atoms with Crippen molar-refractivity contribution in [3.63, 3.8) is 0 Å². The number of rotatable bonds is 6. The van der Waals surface area contributed by atoms with Gasteiger partial charge in [-0.25, -0.2) is 8.78 Å². The molecule has 2 nitrogen and oxygen atoms in total.